The second-order valence-corrected chi connectivity index (χ2v) is 9.98. The van der Waals surface area contributed by atoms with Gasteiger partial charge in [-0.2, -0.15) is 13.2 Å². The minimum absolute atomic E-state index is 0.0199. The average Bonchev–Trinajstić information content (AvgIpc) is 3.51. The van der Waals surface area contributed by atoms with Crippen LogP contribution in [0.5, 0.6) is 0 Å². The molecule has 0 bridgehead atoms. The predicted molar refractivity (Wildman–Crippen MR) is 118 cm³/mol. The molecule has 4 rings (SSSR count). The van der Waals surface area contributed by atoms with E-state index in [9.17, 15) is 13.2 Å². The topological polar surface area (TPSA) is 41.6 Å². The number of likely N-dealkylation sites (tertiary alicyclic amines) is 1. The predicted octanol–water partition coefficient (Wildman–Crippen LogP) is 5.55. The molecule has 0 aromatic heterocycles. The van der Waals surface area contributed by atoms with Crippen molar-refractivity contribution in [3.05, 3.63) is 70.8 Å². The Labute approximate surface area is 182 Å². The summed E-state index contributed by atoms with van der Waals surface area (Å²) in [4.78, 5) is 7.35. The zero-order valence-corrected chi connectivity index (χ0v) is 18.3. The molecule has 1 aliphatic carbocycles. The molecule has 0 spiro atoms. The minimum Gasteiger partial charge on any atom is -0.383 e. The van der Waals surface area contributed by atoms with Gasteiger partial charge in [0.25, 0.3) is 0 Å². The Balaban J connectivity index is 1.82. The van der Waals surface area contributed by atoms with Gasteiger partial charge in [0.1, 0.15) is 11.4 Å². The van der Waals surface area contributed by atoms with Crippen LogP contribution >= 0.6 is 0 Å². The molecule has 3 nitrogen and oxygen atoms in total. The highest BCUT2D eigenvalue weighted by Gasteiger charge is 2.44. The third-order valence-electron chi connectivity index (χ3n) is 6.32. The van der Waals surface area contributed by atoms with Gasteiger partial charge in [-0.05, 0) is 60.9 Å². The third kappa shape index (κ3) is 4.64. The van der Waals surface area contributed by atoms with Gasteiger partial charge in [0.2, 0.25) is 0 Å². The fourth-order valence-corrected chi connectivity index (χ4v) is 5.21. The number of alkyl halides is 3. The quantitative estimate of drug-likeness (QED) is 0.512. The Morgan fingerprint density at radius 2 is 1.74 bits per heavy atom. The standard InChI is InChI=1S/C25H30F3N3/c1-23(2)14-24(16-31(3)15-23,18-7-5-4-6-8-18)30-22(29)20-12-11-19(25(26,27)28)13-21(20)17-9-10-17/h4-8,11-13,17H,9-10,14-16H2,1-3H3,(H2,29,30). The van der Waals surface area contributed by atoms with E-state index in [1.165, 1.54) is 12.1 Å². The maximum Gasteiger partial charge on any atom is 0.416 e. The smallest absolute Gasteiger partial charge is 0.383 e. The Morgan fingerprint density at radius 1 is 1.06 bits per heavy atom. The fourth-order valence-electron chi connectivity index (χ4n) is 5.21. The van der Waals surface area contributed by atoms with E-state index in [0.717, 1.165) is 37.4 Å². The van der Waals surface area contributed by atoms with Crippen LogP contribution < -0.4 is 5.73 Å². The summed E-state index contributed by atoms with van der Waals surface area (Å²) in [6, 6.07) is 14.0. The van der Waals surface area contributed by atoms with E-state index in [0.29, 0.717) is 23.5 Å². The number of hydrogen-bond acceptors (Lipinski definition) is 2. The minimum atomic E-state index is -4.37. The Kier molecular flexibility index (Phi) is 5.41. The van der Waals surface area contributed by atoms with Crippen LogP contribution in [-0.2, 0) is 11.7 Å². The summed E-state index contributed by atoms with van der Waals surface area (Å²) in [6.45, 7) is 6.10. The lowest BCUT2D eigenvalue weighted by Crippen LogP contribution is -2.51. The van der Waals surface area contributed by atoms with Crippen LogP contribution in [-0.4, -0.2) is 30.9 Å². The van der Waals surface area contributed by atoms with Crippen molar-refractivity contribution >= 4 is 5.84 Å². The molecular formula is C25H30F3N3. The summed E-state index contributed by atoms with van der Waals surface area (Å²) in [7, 11) is 2.08. The van der Waals surface area contributed by atoms with Crippen molar-refractivity contribution in [3.63, 3.8) is 0 Å². The molecule has 1 unspecified atom stereocenters. The van der Waals surface area contributed by atoms with E-state index in [1.54, 1.807) is 0 Å². The number of benzene rings is 2. The van der Waals surface area contributed by atoms with Crippen LogP contribution in [0.1, 0.15) is 61.3 Å². The molecule has 1 atom stereocenters. The number of rotatable bonds is 4. The van der Waals surface area contributed by atoms with E-state index in [1.807, 2.05) is 18.2 Å². The largest absolute Gasteiger partial charge is 0.416 e. The normalized spacial score (nSPS) is 24.9. The summed E-state index contributed by atoms with van der Waals surface area (Å²) >= 11 is 0. The van der Waals surface area contributed by atoms with E-state index < -0.39 is 17.3 Å². The summed E-state index contributed by atoms with van der Waals surface area (Å²) in [6.07, 6.45) is -1.77. The lowest BCUT2D eigenvalue weighted by Gasteiger charge is -2.47. The van der Waals surface area contributed by atoms with Crippen molar-refractivity contribution in [1.29, 1.82) is 0 Å². The number of nitrogens with two attached hydrogens (primary N) is 1. The number of aliphatic imine (C=N–C) groups is 1. The highest BCUT2D eigenvalue weighted by molar-refractivity contribution is 5.99. The molecule has 2 N–H and O–H groups in total. The van der Waals surface area contributed by atoms with Gasteiger partial charge in [-0.25, -0.2) is 0 Å². The summed E-state index contributed by atoms with van der Waals surface area (Å²) in [5.41, 5.74) is 7.79. The van der Waals surface area contributed by atoms with Gasteiger partial charge in [0.05, 0.1) is 5.56 Å². The third-order valence-corrected chi connectivity index (χ3v) is 6.32. The maximum atomic E-state index is 13.3. The van der Waals surface area contributed by atoms with Crippen molar-refractivity contribution in [2.75, 3.05) is 20.1 Å². The van der Waals surface area contributed by atoms with Crippen molar-refractivity contribution in [2.24, 2.45) is 16.1 Å². The molecule has 31 heavy (non-hydrogen) atoms. The van der Waals surface area contributed by atoms with E-state index in [2.05, 4.69) is 37.9 Å². The SMILES string of the molecule is CN1CC(C)(C)CC(N=C(N)c2ccc(C(F)(F)F)cc2C2CC2)(c2ccccc2)C1. The Morgan fingerprint density at radius 3 is 2.32 bits per heavy atom. The molecule has 0 amide bonds. The van der Waals surface area contributed by atoms with Gasteiger partial charge >= 0.3 is 6.18 Å². The highest BCUT2D eigenvalue weighted by atomic mass is 19.4. The summed E-state index contributed by atoms with van der Waals surface area (Å²) < 4.78 is 39.9. The molecule has 2 aromatic carbocycles. The van der Waals surface area contributed by atoms with Crippen LogP contribution in [0, 0.1) is 5.41 Å². The van der Waals surface area contributed by atoms with Crippen molar-refractivity contribution in [1.82, 2.24) is 4.90 Å². The molecule has 1 saturated heterocycles. The number of hydrogen-bond donors (Lipinski definition) is 1. The first-order valence-electron chi connectivity index (χ1n) is 10.8. The molecule has 166 valence electrons. The van der Waals surface area contributed by atoms with Crippen LogP contribution in [0.2, 0.25) is 0 Å². The Hall–Kier alpha value is -2.34. The first kappa shape index (κ1) is 21.9. The molecule has 1 heterocycles. The monoisotopic (exact) mass is 429 g/mol. The fraction of sp³-hybridized carbons (Fsp3) is 0.480. The van der Waals surface area contributed by atoms with Crippen LogP contribution in [0.25, 0.3) is 0 Å². The van der Waals surface area contributed by atoms with Gasteiger partial charge in [-0.1, -0.05) is 50.2 Å². The molecule has 6 heteroatoms. The van der Waals surface area contributed by atoms with Gasteiger partial charge in [-0.15, -0.1) is 0 Å². The lowest BCUT2D eigenvalue weighted by molar-refractivity contribution is -0.137. The number of nitrogens with zero attached hydrogens (tertiary/aromatic N) is 2. The van der Waals surface area contributed by atoms with Crippen LogP contribution in [0.3, 0.4) is 0 Å². The van der Waals surface area contributed by atoms with Gasteiger partial charge in [-0.3, -0.25) is 4.99 Å². The first-order valence-corrected chi connectivity index (χ1v) is 10.8. The second kappa shape index (κ2) is 7.66. The van der Waals surface area contributed by atoms with E-state index in [-0.39, 0.29) is 11.3 Å². The number of piperidine rings is 1. The van der Waals surface area contributed by atoms with Crippen molar-refractivity contribution in [3.8, 4) is 0 Å². The highest BCUT2D eigenvalue weighted by Crippen LogP contribution is 2.46. The molecule has 2 aliphatic rings. The molecular weight excluding hydrogens is 399 g/mol. The molecule has 0 radical (unpaired) electrons. The van der Waals surface area contributed by atoms with Gasteiger partial charge in [0, 0.05) is 18.7 Å². The average molecular weight is 430 g/mol. The van der Waals surface area contributed by atoms with Crippen molar-refractivity contribution in [2.45, 2.75) is 50.7 Å². The van der Waals surface area contributed by atoms with Crippen LogP contribution in [0.4, 0.5) is 13.2 Å². The zero-order valence-electron chi connectivity index (χ0n) is 18.3. The molecule has 2 fully saturated rings. The number of likely N-dealkylation sites (N-methyl/N-ethyl adjacent to an activating group) is 1. The van der Waals surface area contributed by atoms with Gasteiger partial charge in [0.15, 0.2) is 0 Å². The lowest BCUT2D eigenvalue weighted by atomic mass is 9.71. The zero-order chi connectivity index (χ0) is 22.4. The van der Waals surface area contributed by atoms with Crippen LogP contribution in [0.15, 0.2) is 53.5 Å². The van der Waals surface area contributed by atoms with Crippen molar-refractivity contribution < 1.29 is 13.2 Å². The van der Waals surface area contributed by atoms with E-state index >= 15 is 0 Å². The first-order chi connectivity index (χ1) is 14.5. The summed E-state index contributed by atoms with van der Waals surface area (Å²) in [5, 5.41) is 0. The molecule has 1 aliphatic heterocycles. The number of amidine groups is 1. The molecule has 1 saturated carbocycles. The van der Waals surface area contributed by atoms with E-state index in [4.69, 9.17) is 10.7 Å². The van der Waals surface area contributed by atoms with Gasteiger partial charge < -0.3 is 10.6 Å². The molecule has 2 aromatic rings. The Bertz CT molecular complexity index is 977. The second-order valence-electron chi connectivity index (χ2n) is 9.98. The summed E-state index contributed by atoms with van der Waals surface area (Å²) in [5.74, 6) is 0.453. The maximum absolute atomic E-state index is 13.3. The number of halogens is 3.